The maximum atomic E-state index is 8.06. The van der Waals surface area contributed by atoms with Crippen molar-refractivity contribution in [1.82, 2.24) is 0 Å². The van der Waals surface area contributed by atoms with E-state index in [9.17, 15) is 0 Å². The molecule has 0 rings (SSSR count). The van der Waals surface area contributed by atoms with E-state index in [-0.39, 0.29) is 0 Å². The Bertz CT molecular complexity index is 35.7. The van der Waals surface area contributed by atoms with Crippen molar-refractivity contribution < 1.29 is 15.0 Å². The van der Waals surface area contributed by atoms with Crippen LogP contribution in [0.2, 0.25) is 0 Å². The lowest BCUT2D eigenvalue weighted by molar-refractivity contribution is -0.0403. The molecule has 0 saturated carbocycles. The number of thiol groups is 1. The minimum atomic E-state index is -1.18. The SMILES string of the molecule is OC(O)CCS.O[SiH3]. The Morgan fingerprint density at radius 1 is 1.38 bits per heavy atom. The molecule has 0 aliphatic carbocycles. The average Bonchev–Trinajstić information content (AvgIpc) is 1.72. The van der Waals surface area contributed by atoms with Crippen molar-refractivity contribution in [2.45, 2.75) is 12.7 Å². The predicted molar refractivity (Wildman–Crippen MR) is 38.9 cm³/mol. The fourth-order valence-corrected chi connectivity index (χ4v) is 0.346. The molecular weight excluding hydrogens is 144 g/mol. The molecule has 0 heterocycles. The van der Waals surface area contributed by atoms with E-state index in [2.05, 4.69) is 12.6 Å². The Morgan fingerprint density at radius 3 is 1.75 bits per heavy atom. The Labute approximate surface area is 57.3 Å². The minimum Gasteiger partial charge on any atom is -0.442 e. The van der Waals surface area contributed by atoms with Crippen LogP contribution in [0.5, 0.6) is 0 Å². The second-order valence-electron chi connectivity index (χ2n) is 0.993. The zero-order valence-electron chi connectivity index (χ0n) is 4.78. The van der Waals surface area contributed by atoms with Gasteiger partial charge in [0.1, 0.15) is 10.5 Å². The maximum absolute atomic E-state index is 8.06. The van der Waals surface area contributed by atoms with Crippen LogP contribution >= 0.6 is 12.6 Å². The first-order chi connectivity index (χ1) is 3.77. The molecule has 0 aliphatic heterocycles. The quantitative estimate of drug-likeness (QED) is 0.210. The molecule has 0 bridgehead atoms. The molecule has 8 heavy (non-hydrogen) atoms. The van der Waals surface area contributed by atoms with E-state index in [4.69, 9.17) is 15.0 Å². The van der Waals surface area contributed by atoms with E-state index in [0.717, 1.165) is 0 Å². The van der Waals surface area contributed by atoms with E-state index in [1.807, 2.05) is 0 Å². The van der Waals surface area contributed by atoms with Gasteiger partial charge < -0.3 is 15.0 Å². The number of hydrogen-bond acceptors (Lipinski definition) is 4. The summed E-state index contributed by atoms with van der Waals surface area (Å²) in [6, 6.07) is 0. The molecule has 0 amide bonds. The number of aliphatic hydroxyl groups is 2. The van der Waals surface area contributed by atoms with Crippen LogP contribution in [0, 0.1) is 0 Å². The summed E-state index contributed by atoms with van der Waals surface area (Å²) in [5.74, 6) is 0.525. The lowest BCUT2D eigenvalue weighted by atomic mass is 10.5. The minimum absolute atomic E-state index is 0.306. The summed E-state index contributed by atoms with van der Waals surface area (Å²) >= 11 is 3.74. The zero-order valence-corrected chi connectivity index (χ0v) is 7.67. The molecule has 0 aliphatic rings. The molecule has 5 heteroatoms. The third kappa shape index (κ3) is 16.1. The highest BCUT2D eigenvalue weighted by Crippen LogP contribution is 1.85. The van der Waals surface area contributed by atoms with Gasteiger partial charge in [-0.25, -0.2) is 0 Å². The largest absolute Gasteiger partial charge is 0.442 e. The van der Waals surface area contributed by atoms with Crippen molar-refractivity contribution in [3.63, 3.8) is 0 Å². The number of rotatable bonds is 2. The third-order valence-electron chi connectivity index (χ3n) is 0.387. The van der Waals surface area contributed by atoms with Gasteiger partial charge >= 0.3 is 0 Å². The van der Waals surface area contributed by atoms with Gasteiger partial charge in [0.25, 0.3) is 0 Å². The van der Waals surface area contributed by atoms with Crippen LogP contribution in [0.1, 0.15) is 6.42 Å². The standard InChI is InChI=1S/C3H8O2S.H4OSi/c4-3(5)1-2-6;1-2/h3-6H,1-2H2;1H,2H3. The zero-order chi connectivity index (χ0) is 6.99. The molecule has 3 N–H and O–H groups in total. The lowest BCUT2D eigenvalue weighted by Crippen LogP contribution is -2.03. The van der Waals surface area contributed by atoms with Crippen molar-refractivity contribution in [2.75, 3.05) is 5.75 Å². The molecule has 0 aromatic carbocycles. The molecule has 52 valence electrons. The van der Waals surface area contributed by atoms with Crippen molar-refractivity contribution in [1.29, 1.82) is 0 Å². The number of hydrogen-bond donors (Lipinski definition) is 4. The smallest absolute Gasteiger partial charge is 0.152 e. The van der Waals surface area contributed by atoms with Crippen LogP contribution in [0.25, 0.3) is 0 Å². The molecule has 0 saturated heterocycles. The highest BCUT2D eigenvalue weighted by Gasteiger charge is 1.89. The van der Waals surface area contributed by atoms with Gasteiger partial charge in [-0.05, 0) is 5.75 Å². The molecule has 0 radical (unpaired) electrons. The lowest BCUT2D eigenvalue weighted by Gasteiger charge is -1.94. The fourth-order valence-electron chi connectivity index (χ4n) is 0.115. The van der Waals surface area contributed by atoms with Gasteiger partial charge in [0.15, 0.2) is 6.29 Å². The third-order valence-corrected chi connectivity index (χ3v) is 0.645. The molecule has 0 aromatic heterocycles. The molecule has 0 unspecified atom stereocenters. The Kier molecular flexibility index (Phi) is 14.7. The summed E-state index contributed by atoms with van der Waals surface area (Å²) in [6.07, 6.45) is -0.828. The van der Waals surface area contributed by atoms with Gasteiger partial charge in [-0.15, -0.1) is 0 Å². The average molecular weight is 156 g/mol. The van der Waals surface area contributed by atoms with Crippen LogP contribution in [0.4, 0.5) is 0 Å². The molecule has 3 nitrogen and oxygen atoms in total. The van der Waals surface area contributed by atoms with Crippen LogP contribution in [0.3, 0.4) is 0 Å². The molecule has 0 spiro atoms. The van der Waals surface area contributed by atoms with Crippen LogP contribution in [0.15, 0.2) is 0 Å². The van der Waals surface area contributed by atoms with E-state index in [1.165, 1.54) is 0 Å². The first-order valence-electron chi connectivity index (χ1n) is 2.19. The van der Waals surface area contributed by atoms with Crippen LogP contribution < -0.4 is 0 Å². The van der Waals surface area contributed by atoms with Gasteiger partial charge in [-0.1, -0.05) is 0 Å². The first kappa shape index (κ1) is 11.3. The van der Waals surface area contributed by atoms with E-state index < -0.39 is 6.29 Å². The Morgan fingerprint density at radius 2 is 1.75 bits per heavy atom. The Balaban J connectivity index is 0. The van der Waals surface area contributed by atoms with Crippen LogP contribution in [-0.4, -0.2) is 37.5 Å². The summed E-state index contributed by atoms with van der Waals surface area (Å²) in [5.41, 5.74) is 0. The molecular formula is C3H12O3SSi. The highest BCUT2D eigenvalue weighted by atomic mass is 32.1. The normalized spacial score (nSPS) is 8.62. The van der Waals surface area contributed by atoms with E-state index in [0.29, 0.717) is 22.7 Å². The van der Waals surface area contributed by atoms with E-state index >= 15 is 0 Å². The predicted octanol–water partition coefficient (Wildman–Crippen LogP) is -2.12. The second kappa shape index (κ2) is 10.4. The van der Waals surface area contributed by atoms with Crippen molar-refractivity contribution in [3.8, 4) is 0 Å². The summed E-state index contributed by atoms with van der Waals surface area (Å²) in [5, 5.41) is 16.1. The van der Waals surface area contributed by atoms with Crippen molar-refractivity contribution in [3.05, 3.63) is 0 Å². The maximum Gasteiger partial charge on any atom is 0.152 e. The van der Waals surface area contributed by atoms with Gasteiger partial charge in [0.2, 0.25) is 0 Å². The summed E-state index contributed by atoms with van der Waals surface area (Å²) in [7, 11) is 0.306. The summed E-state index contributed by atoms with van der Waals surface area (Å²) in [4.78, 5) is 7.14. The highest BCUT2D eigenvalue weighted by molar-refractivity contribution is 7.80. The van der Waals surface area contributed by atoms with Gasteiger partial charge in [0, 0.05) is 6.42 Å². The topological polar surface area (TPSA) is 60.7 Å². The van der Waals surface area contributed by atoms with Gasteiger partial charge in [-0.2, -0.15) is 12.6 Å². The monoisotopic (exact) mass is 156 g/mol. The van der Waals surface area contributed by atoms with Crippen LogP contribution in [-0.2, 0) is 0 Å². The van der Waals surface area contributed by atoms with E-state index in [1.54, 1.807) is 0 Å². The molecule has 0 atom stereocenters. The first-order valence-corrected chi connectivity index (χ1v) is 3.71. The molecule has 0 aromatic rings. The van der Waals surface area contributed by atoms with Crippen molar-refractivity contribution in [2.24, 2.45) is 0 Å². The number of aliphatic hydroxyl groups excluding tert-OH is 1. The summed E-state index contributed by atoms with van der Waals surface area (Å²) in [6.45, 7) is 0. The summed E-state index contributed by atoms with van der Waals surface area (Å²) < 4.78 is 0. The second-order valence-corrected chi connectivity index (χ2v) is 1.44. The molecule has 0 fully saturated rings. The van der Waals surface area contributed by atoms with Crippen molar-refractivity contribution >= 4 is 23.1 Å². The Hall–Kier alpha value is 0.447. The van der Waals surface area contributed by atoms with Gasteiger partial charge in [-0.3, -0.25) is 0 Å². The van der Waals surface area contributed by atoms with Gasteiger partial charge in [0.05, 0.1) is 0 Å². The fraction of sp³-hybridized carbons (Fsp3) is 1.00.